The summed E-state index contributed by atoms with van der Waals surface area (Å²) in [5.41, 5.74) is 6.91. The third kappa shape index (κ3) is 4.74. The first-order valence-corrected chi connectivity index (χ1v) is 9.36. The van der Waals surface area contributed by atoms with Crippen molar-refractivity contribution < 1.29 is 14.0 Å². The van der Waals surface area contributed by atoms with Gasteiger partial charge < -0.3 is 4.57 Å². The Hall–Kier alpha value is -3.20. The second-order valence-electron chi connectivity index (χ2n) is 6.03. The zero-order valence-corrected chi connectivity index (χ0v) is 16.1. The van der Waals surface area contributed by atoms with Gasteiger partial charge in [0.2, 0.25) is 5.91 Å². The molecule has 0 aliphatic carbocycles. The number of benzene rings is 2. The van der Waals surface area contributed by atoms with Crippen LogP contribution < -0.4 is 10.9 Å². The van der Waals surface area contributed by atoms with Gasteiger partial charge in [0.15, 0.2) is 11.0 Å². The van der Waals surface area contributed by atoms with Crippen LogP contribution in [0.1, 0.15) is 15.9 Å². The zero-order valence-electron chi connectivity index (χ0n) is 15.3. The number of carbonyl (C=O) groups is 2. The number of hydrogen-bond acceptors (Lipinski definition) is 5. The summed E-state index contributed by atoms with van der Waals surface area (Å²) in [6.07, 6.45) is 0. The first kappa shape index (κ1) is 19.6. The third-order valence-electron chi connectivity index (χ3n) is 3.87. The van der Waals surface area contributed by atoms with Crippen LogP contribution in [0.2, 0.25) is 0 Å². The van der Waals surface area contributed by atoms with Crippen molar-refractivity contribution in [3.05, 3.63) is 65.5 Å². The average molecular weight is 399 g/mol. The molecule has 9 heteroatoms. The molecule has 28 heavy (non-hydrogen) atoms. The number of aryl methyl sites for hydroxylation is 1. The van der Waals surface area contributed by atoms with Gasteiger partial charge in [-0.05, 0) is 37.3 Å². The number of hydrogen-bond donors (Lipinski definition) is 2. The van der Waals surface area contributed by atoms with Crippen LogP contribution in [0, 0.1) is 12.7 Å². The van der Waals surface area contributed by atoms with E-state index in [4.69, 9.17) is 0 Å². The van der Waals surface area contributed by atoms with Crippen molar-refractivity contribution in [2.24, 2.45) is 7.05 Å². The van der Waals surface area contributed by atoms with Gasteiger partial charge in [-0.1, -0.05) is 35.5 Å². The van der Waals surface area contributed by atoms with Gasteiger partial charge in [0.1, 0.15) is 5.82 Å². The average Bonchev–Trinajstić information content (AvgIpc) is 3.05. The lowest BCUT2D eigenvalue weighted by molar-refractivity contribution is -0.119. The number of carbonyl (C=O) groups excluding carboxylic acids is 2. The SMILES string of the molecule is Cc1cccc(-c2nnc(SCC(=O)NNC(=O)c3ccc(F)cc3)n2C)c1. The standard InChI is InChI=1S/C19H18FN5O2S/c1-12-4-3-5-14(10-12)17-22-24-19(25(17)2)28-11-16(26)21-23-18(27)13-6-8-15(20)9-7-13/h3-10H,11H2,1-2H3,(H,21,26)(H,23,27). The summed E-state index contributed by atoms with van der Waals surface area (Å²) in [6, 6.07) is 12.9. The van der Waals surface area contributed by atoms with Gasteiger partial charge in [-0.15, -0.1) is 10.2 Å². The van der Waals surface area contributed by atoms with E-state index in [2.05, 4.69) is 21.0 Å². The van der Waals surface area contributed by atoms with Crippen molar-refractivity contribution in [2.45, 2.75) is 12.1 Å². The predicted molar refractivity (Wildman–Crippen MR) is 104 cm³/mol. The van der Waals surface area contributed by atoms with E-state index in [1.54, 1.807) is 0 Å². The van der Waals surface area contributed by atoms with E-state index in [-0.39, 0.29) is 11.3 Å². The molecular formula is C19H18FN5O2S. The van der Waals surface area contributed by atoms with E-state index in [9.17, 15) is 14.0 Å². The zero-order chi connectivity index (χ0) is 20.1. The molecule has 1 aromatic heterocycles. The first-order chi connectivity index (χ1) is 13.4. The quantitative estimate of drug-likeness (QED) is 0.508. The van der Waals surface area contributed by atoms with Crippen molar-refractivity contribution in [3.63, 3.8) is 0 Å². The van der Waals surface area contributed by atoms with Gasteiger partial charge in [0.05, 0.1) is 5.75 Å². The molecule has 3 aromatic rings. The Morgan fingerprint density at radius 3 is 2.57 bits per heavy atom. The fourth-order valence-corrected chi connectivity index (χ4v) is 3.15. The van der Waals surface area contributed by atoms with Gasteiger partial charge in [-0.2, -0.15) is 0 Å². The van der Waals surface area contributed by atoms with Crippen molar-refractivity contribution >= 4 is 23.6 Å². The van der Waals surface area contributed by atoms with E-state index in [0.717, 1.165) is 11.1 Å². The highest BCUT2D eigenvalue weighted by atomic mass is 32.2. The van der Waals surface area contributed by atoms with Crippen LogP contribution in [0.3, 0.4) is 0 Å². The first-order valence-electron chi connectivity index (χ1n) is 8.38. The minimum atomic E-state index is -0.529. The number of halogens is 1. The molecule has 0 spiro atoms. The Morgan fingerprint density at radius 1 is 1.11 bits per heavy atom. The topological polar surface area (TPSA) is 88.9 Å². The molecule has 0 aliphatic rings. The Balaban J connectivity index is 1.53. The summed E-state index contributed by atoms with van der Waals surface area (Å²) in [6.45, 7) is 2.00. The van der Waals surface area contributed by atoms with Crippen molar-refractivity contribution in [2.75, 3.05) is 5.75 Å². The van der Waals surface area contributed by atoms with Crippen LogP contribution in [0.5, 0.6) is 0 Å². The molecule has 0 aliphatic heterocycles. The number of nitrogens with one attached hydrogen (secondary N) is 2. The summed E-state index contributed by atoms with van der Waals surface area (Å²) in [5, 5.41) is 8.88. The predicted octanol–water partition coefficient (Wildman–Crippen LogP) is 2.48. The van der Waals surface area contributed by atoms with Crippen LogP contribution in [-0.4, -0.2) is 32.3 Å². The van der Waals surface area contributed by atoms with Gasteiger partial charge in [0.25, 0.3) is 5.91 Å². The summed E-state index contributed by atoms with van der Waals surface area (Å²) >= 11 is 1.20. The van der Waals surface area contributed by atoms with Gasteiger partial charge in [-0.25, -0.2) is 4.39 Å². The lowest BCUT2D eigenvalue weighted by atomic mass is 10.1. The van der Waals surface area contributed by atoms with Crippen molar-refractivity contribution in [1.82, 2.24) is 25.6 Å². The number of thioether (sulfide) groups is 1. The van der Waals surface area contributed by atoms with E-state index < -0.39 is 17.6 Å². The highest BCUT2D eigenvalue weighted by Crippen LogP contribution is 2.23. The molecule has 2 N–H and O–H groups in total. The molecule has 0 radical (unpaired) electrons. The molecule has 2 aromatic carbocycles. The highest BCUT2D eigenvalue weighted by Gasteiger charge is 2.13. The summed E-state index contributed by atoms with van der Waals surface area (Å²) in [5.74, 6) is -0.620. The molecule has 0 atom stereocenters. The Labute approximate surface area is 165 Å². The molecule has 0 bridgehead atoms. The minimum Gasteiger partial charge on any atom is -0.305 e. The number of aromatic nitrogens is 3. The molecule has 0 saturated heterocycles. The second-order valence-corrected chi connectivity index (χ2v) is 6.98. The normalized spacial score (nSPS) is 10.5. The number of nitrogens with zero attached hydrogens (tertiary/aromatic N) is 3. The fraction of sp³-hybridized carbons (Fsp3) is 0.158. The Morgan fingerprint density at radius 2 is 1.86 bits per heavy atom. The van der Waals surface area contributed by atoms with E-state index in [0.29, 0.717) is 11.0 Å². The van der Waals surface area contributed by atoms with E-state index >= 15 is 0 Å². The lowest BCUT2D eigenvalue weighted by Crippen LogP contribution is -2.42. The summed E-state index contributed by atoms with van der Waals surface area (Å²) < 4.78 is 14.7. The van der Waals surface area contributed by atoms with Crippen LogP contribution in [0.4, 0.5) is 4.39 Å². The second kappa shape index (κ2) is 8.66. The molecule has 0 fully saturated rings. The van der Waals surface area contributed by atoms with Crippen LogP contribution in [0.25, 0.3) is 11.4 Å². The van der Waals surface area contributed by atoms with Gasteiger partial charge in [0, 0.05) is 18.2 Å². The minimum absolute atomic E-state index is 0.0451. The van der Waals surface area contributed by atoms with Gasteiger partial charge >= 0.3 is 0 Å². The molecule has 0 unspecified atom stereocenters. The van der Waals surface area contributed by atoms with Gasteiger partial charge in [-0.3, -0.25) is 20.4 Å². The van der Waals surface area contributed by atoms with E-state index in [1.807, 2.05) is 42.8 Å². The van der Waals surface area contributed by atoms with Crippen LogP contribution in [0.15, 0.2) is 53.7 Å². The Bertz CT molecular complexity index is 1000. The van der Waals surface area contributed by atoms with Crippen LogP contribution >= 0.6 is 11.8 Å². The summed E-state index contributed by atoms with van der Waals surface area (Å²) in [7, 11) is 1.83. The maximum Gasteiger partial charge on any atom is 0.269 e. The molecule has 144 valence electrons. The molecular weight excluding hydrogens is 381 g/mol. The molecule has 7 nitrogen and oxygen atoms in total. The molecule has 1 heterocycles. The molecule has 2 amide bonds. The third-order valence-corrected chi connectivity index (χ3v) is 4.89. The molecule has 0 saturated carbocycles. The lowest BCUT2D eigenvalue weighted by Gasteiger charge is -2.07. The van der Waals surface area contributed by atoms with Crippen LogP contribution in [-0.2, 0) is 11.8 Å². The monoisotopic (exact) mass is 399 g/mol. The smallest absolute Gasteiger partial charge is 0.269 e. The highest BCUT2D eigenvalue weighted by molar-refractivity contribution is 7.99. The number of amides is 2. The number of rotatable bonds is 5. The maximum atomic E-state index is 12.9. The fourth-order valence-electron chi connectivity index (χ4n) is 2.44. The van der Waals surface area contributed by atoms with Crippen molar-refractivity contribution in [1.29, 1.82) is 0 Å². The summed E-state index contributed by atoms with van der Waals surface area (Å²) in [4.78, 5) is 23.9. The maximum absolute atomic E-state index is 12.9. The molecule has 3 rings (SSSR count). The number of hydrazine groups is 1. The Kier molecular flexibility index (Phi) is 6.05. The van der Waals surface area contributed by atoms with E-state index in [1.165, 1.54) is 36.0 Å². The largest absolute Gasteiger partial charge is 0.305 e. The van der Waals surface area contributed by atoms with Crippen molar-refractivity contribution in [3.8, 4) is 11.4 Å².